The third kappa shape index (κ3) is 3.69. The van der Waals surface area contributed by atoms with Crippen LogP contribution in [-0.2, 0) is 15.7 Å². The summed E-state index contributed by atoms with van der Waals surface area (Å²) in [6, 6.07) is 4.53. The van der Waals surface area contributed by atoms with Crippen LogP contribution in [0.1, 0.15) is 10.5 Å². The van der Waals surface area contributed by atoms with Crippen LogP contribution in [0.4, 0.5) is 5.82 Å². The van der Waals surface area contributed by atoms with Crippen molar-refractivity contribution in [3.05, 3.63) is 46.3 Å². The number of hydrogen-bond acceptors (Lipinski definition) is 5. The average molecular weight is 346 g/mol. The predicted molar refractivity (Wildman–Crippen MR) is 79.9 cm³/mol. The van der Waals surface area contributed by atoms with E-state index in [1.54, 1.807) is 6.07 Å². The van der Waals surface area contributed by atoms with Crippen molar-refractivity contribution in [1.82, 2.24) is 9.97 Å². The molecule has 0 aliphatic rings. The van der Waals surface area contributed by atoms with Crippen LogP contribution in [0.2, 0.25) is 10.0 Å². The lowest BCUT2D eigenvalue weighted by Crippen LogP contribution is -2.13. The maximum absolute atomic E-state index is 12.2. The Morgan fingerprint density at radius 2 is 1.95 bits per heavy atom. The molecule has 0 radical (unpaired) electrons. The summed E-state index contributed by atoms with van der Waals surface area (Å²) < 4.78 is 19.4. The lowest BCUT2D eigenvalue weighted by molar-refractivity contribution is 0.0595. The summed E-state index contributed by atoms with van der Waals surface area (Å²) in [4.78, 5) is 19.7. The molecular formula is C12H9Cl2N3O3S. The number of carbonyl (C=O) groups is 1. The number of hydrogen-bond donors (Lipinski definition) is 1. The molecule has 0 aliphatic carbocycles. The molecule has 0 amide bonds. The summed E-state index contributed by atoms with van der Waals surface area (Å²) in [5, 5.41) is 0.629. The number of halogens is 2. The standard InChI is InChI=1S/C12H9Cl2N3O3S/c1-20-12(18)10-11(16-5-4-15-10)17-21(19)7-2-3-8(13)9(14)6-7/h2-6H,1H3,(H,16,17). The van der Waals surface area contributed by atoms with E-state index in [1.807, 2.05) is 0 Å². The second-order valence-electron chi connectivity index (χ2n) is 3.69. The predicted octanol–water partition coefficient (Wildman–Crippen LogP) is 2.70. The first kappa shape index (κ1) is 15.7. The molecule has 0 fully saturated rings. The molecule has 0 aliphatic heterocycles. The minimum Gasteiger partial charge on any atom is -0.464 e. The highest BCUT2D eigenvalue weighted by molar-refractivity contribution is 7.86. The monoisotopic (exact) mass is 345 g/mol. The Kier molecular flexibility index (Phi) is 5.11. The molecular weight excluding hydrogens is 337 g/mol. The quantitative estimate of drug-likeness (QED) is 0.861. The van der Waals surface area contributed by atoms with E-state index in [2.05, 4.69) is 19.4 Å². The SMILES string of the molecule is COC(=O)c1nccnc1NS(=O)c1ccc(Cl)c(Cl)c1. The van der Waals surface area contributed by atoms with Crippen molar-refractivity contribution in [2.75, 3.05) is 11.8 Å². The minimum atomic E-state index is -1.69. The van der Waals surface area contributed by atoms with Crippen LogP contribution in [0.25, 0.3) is 0 Å². The molecule has 0 saturated heterocycles. The lowest BCUT2D eigenvalue weighted by atomic mass is 10.4. The third-order valence-corrected chi connectivity index (χ3v) is 4.17. The largest absolute Gasteiger partial charge is 0.464 e. The first-order valence-electron chi connectivity index (χ1n) is 5.55. The van der Waals surface area contributed by atoms with Crippen LogP contribution in [0.15, 0.2) is 35.5 Å². The Hall–Kier alpha value is -1.70. The third-order valence-electron chi connectivity index (χ3n) is 2.37. The molecule has 1 unspecified atom stereocenters. The van der Waals surface area contributed by atoms with Gasteiger partial charge in [-0.3, -0.25) is 4.72 Å². The van der Waals surface area contributed by atoms with E-state index in [9.17, 15) is 9.00 Å². The molecule has 1 atom stereocenters. The Bertz CT molecular complexity index is 712. The van der Waals surface area contributed by atoms with Gasteiger partial charge >= 0.3 is 5.97 Å². The second-order valence-corrected chi connectivity index (χ2v) is 5.72. The van der Waals surface area contributed by atoms with E-state index in [0.717, 1.165) is 0 Å². The van der Waals surface area contributed by atoms with E-state index >= 15 is 0 Å². The number of esters is 1. The van der Waals surface area contributed by atoms with E-state index in [1.165, 1.54) is 31.6 Å². The Morgan fingerprint density at radius 3 is 2.62 bits per heavy atom. The van der Waals surface area contributed by atoms with Crippen molar-refractivity contribution < 1.29 is 13.7 Å². The number of carbonyl (C=O) groups excluding carboxylic acids is 1. The molecule has 110 valence electrons. The number of aromatic nitrogens is 2. The fourth-order valence-electron chi connectivity index (χ4n) is 1.40. The zero-order valence-corrected chi connectivity index (χ0v) is 13.0. The van der Waals surface area contributed by atoms with Gasteiger partial charge in [0.25, 0.3) is 0 Å². The number of methoxy groups -OCH3 is 1. The van der Waals surface area contributed by atoms with Crippen molar-refractivity contribution in [3.63, 3.8) is 0 Å². The summed E-state index contributed by atoms with van der Waals surface area (Å²) in [6.45, 7) is 0. The van der Waals surface area contributed by atoms with Gasteiger partial charge in [-0.15, -0.1) is 0 Å². The van der Waals surface area contributed by atoms with Crippen LogP contribution in [0, 0.1) is 0 Å². The number of benzene rings is 1. The number of rotatable bonds is 4. The first-order chi connectivity index (χ1) is 10.0. The van der Waals surface area contributed by atoms with Crippen molar-refractivity contribution in [3.8, 4) is 0 Å². The highest BCUT2D eigenvalue weighted by atomic mass is 35.5. The normalized spacial score (nSPS) is 11.8. The van der Waals surface area contributed by atoms with Gasteiger partial charge in [-0.1, -0.05) is 23.2 Å². The molecule has 1 aromatic heterocycles. The van der Waals surface area contributed by atoms with Gasteiger partial charge in [-0.2, -0.15) is 0 Å². The van der Waals surface area contributed by atoms with Gasteiger partial charge in [0.05, 0.1) is 22.1 Å². The second kappa shape index (κ2) is 6.84. The molecule has 21 heavy (non-hydrogen) atoms. The van der Waals surface area contributed by atoms with Gasteiger partial charge in [-0.25, -0.2) is 19.0 Å². The van der Waals surface area contributed by atoms with Crippen LogP contribution in [-0.4, -0.2) is 27.3 Å². The van der Waals surface area contributed by atoms with Gasteiger partial charge in [0.15, 0.2) is 22.5 Å². The van der Waals surface area contributed by atoms with Gasteiger partial charge in [0.2, 0.25) is 0 Å². The first-order valence-corrected chi connectivity index (χ1v) is 7.46. The zero-order valence-electron chi connectivity index (χ0n) is 10.7. The van der Waals surface area contributed by atoms with Crippen LogP contribution in [0.3, 0.4) is 0 Å². The average Bonchev–Trinajstić information content (AvgIpc) is 2.49. The van der Waals surface area contributed by atoms with Crippen molar-refractivity contribution >= 4 is 46.0 Å². The molecule has 1 N–H and O–H groups in total. The van der Waals surface area contributed by atoms with Crippen LogP contribution in [0.5, 0.6) is 0 Å². The highest BCUT2D eigenvalue weighted by Gasteiger charge is 2.17. The fraction of sp³-hybridized carbons (Fsp3) is 0.0833. The number of nitrogens with zero attached hydrogens (tertiary/aromatic N) is 2. The number of anilines is 1. The molecule has 1 heterocycles. The van der Waals surface area contributed by atoms with Gasteiger partial charge in [0.1, 0.15) is 0 Å². The minimum absolute atomic E-state index is 0.0498. The Morgan fingerprint density at radius 1 is 1.24 bits per heavy atom. The summed E-state index contributed by atoms with van der Waals surface area (Å²) in [5.74, 6) is -0.634. The molecule has 0 saturated carbocycles. The van der Waals surface area contributed by atoms with Crippen molar-refractivity contribution in [2.45, 2.75) is 4.90 Å². The highest BCUT2D eigenvalue weighted by Crippen LogP contribution is 2.24. The summed E-state index contributed by atoms with van der Waals surface area (Å²) >= 11 is 11.7. The molecule has 9 heteroatoms. The zero-order chi connectivity index (χ0) is 15.4. The Balaban J connectivity index is 2.27. The van der Waals surface area contributed by atoms with Gasteiger partial charge in [0, 0.05) is 12.4 Å². The maximum Gasteiger partial charge on any atom is 0.360 e. The summed E-state index contributed by atoms with van der Waals surface area (Å²) in [6.07, 6.45) is 2.69. The van der Waals surface area contributed by atoms with Gasteiger partial charge < -0.3 is 4.74 Å². The van der Waals surface area contributed by atoms with Crippen LogP contribution >= 0.6 is 23.2 Å². The van der Waals surface area contributed by atoms with E-state index < -0.39 is 17.0 Å². The molecule has 1 aromatic carbocycles. The molecule has 6 nitrogen and oxygen atoms in total. The number of ether oxygens (including phenoxy) is 1. The molecule has 2 rings (SSSR count). The molecule has 0 spiro atoms. The topological polar surface area (TPSA) is 81.2 Å². The summed E-state index contributed by atoms with van der Waals surface area (Å²) in [7, 11) is -0.466. The lowest BCUT2D eigenvalue weighted by Gasteiger charge is -2.08. The fourth-order valence-corrected chi connectivity index (χ4v) is 2.62. The Labute approximate surface area is 133 Å². The number of nitrogens with one attached hydrogen (secondary N) is 1. The van der Waals surface area contributed by atoms with E-state index in [-0.39, 0.29) is 16.5 Å². The van der Waals surface area contributed by atoms with E-state index in [4.69, 9.17) is 23.2 Å². The molecule has 0 bridgehead atoms. The van der Waals surface area contributed by atoms with Crippen LogP contribution < -0.4 is 4.72 Å². The van der Waals surface area contributed by atoms with E-state index in [0.29, 0.717) is 9.92 Å². The summed E-state index contributed by atoms with van der Waals surface area (Å²) in [5.41, 5.74) is -0.0617. The van der Waals surface area contributed by atoms with Gasteiger partial charge in [-0.05, 0) is 18.2 Å². The van der Waals surface area contributed by atoms with Crippen molar-refractivity contribution in [1.29, 1.82) is 0 Å². The van der Waals surface area contributed by atoms with Crippen molar-refractivity contribution in [2.24, 2.45) is 0 Å². The maximum atomic E-state index is 12.2. The smallest absolute Gasteiger partial charge is 0.360 e. The molecule has 2 aromatic rings.